The first-order valence-electron chi connectivity index (χ1n) is 8.45. The van der Waals surface area contributed by atoms with Crippen LogP contribution in [0.3, 0.4) is 0 Å². The Bertz CT molecular complexity index is 765. The number of esters is 1. The highest BCUT2D eigenvalue weighted by atomic mass is 16.5. The van der Waals surface area contributed by atoms with Crippen molar-refractivity contribution in [3.63, 3.8) is 0 Å². The van der Waals surface area contributed by atoms with Gasteiger partial charge >= 0.3 is 5.97 Å². The monoisotopic (exact) mass is 328 g/mol. The number of allylic oxidation sites excluding steroid dienone is 2. The van der Waals surface area contributed by atoms with Crippen LogP contribution in [0.4, 0.5) is 0 Å². The van der Waals surface area contributed by atoms with Gasteiger partial charge in [-0.2, -0.15) is 0 Å². The molecule has 0 radical (unpaired) electrons. The fourth-order valence-corrected chi connectivity index (χ4v) is 3.80. The summed E-state index contributed by atoms with van der Waals surface area (Å²) in [5, 5.41) is 0. The molecule has 1 aromatic heterocycles. The van der Waals surface area contributed by atoms with Crippen LogP contribution in [0, 0.1) is 18.3 Å². The van der Waals surface area contributed by atoms with Gasteiger partial charge in [0.15, 0.2) is 5.76 Å². The lowest BCUT2D eigenvalue weighted by Gasteiger charge is -2.46. The Balaban J connectivity index is 1.94. The van der Waals surface area contributed by atoms with Gasteiger partial charge in [0.05, 0.1) is 6.26 Å². The molecule has 2 aliphatic rings. The summed E-state index contributed by atoms with van der Waals surface area (Å²) in [4.78, 5) is 25.0. The summed E-state index contributed by atoms with van der Waals surface area (Å²) in [7, 11) is 0. The molecule has 3 rings (SSSR count). The second-order valence-corrected chi connectivity index (χ2v) is 7.21. The molecule has 1 heterocycles. The van der Waals surface area contributed by atoms with Crippen LogP contribution in [0.1, 0.15) is 55.8 Å². The molecule has 4 nitrogen and oxygen atoms in total. The van der Waals surface area contributed by atoms with Crippen LogP contribution in [0.5, 0.6) is 0 Å². The number of Topliss-reactive ketones (excluding diaryl/α,β-unsaturated/α-hetero) is 1. The van der Waals surface area contributed by atoms with Crippen molar-refractivity contribution in [2.45, 2.75) is 53.6 Å². The number of ketones is 1. The molecule has 0 unspecified atom stereocenters. The third kappa shape index (κ3) is 2.36. The Morgan fingerprint density at radius 2 is 2.17 bits per heavy atom. The van der Waals surface area contributed by atoms with E-state index in [1.54, 1.807) is 19.3 Å². The number of rotatable bonds is 2. The highest BCUT2D eigenvalue weighted by Crippen LogP contribution is 2.50. The molecule has 2 aliphatic carbocycles. The van der Waals surface area contributed by atoms with E-state index in [-0.39, 0.29) is 29.2 Å². The maximum Gasteiger partial charge on any atom is 0.333 e. The van der Waals surface area contributed by atoms with Crippen molar-refractivity contribution in [3.05, 3.63) is 46.4 Å². The maximum absolute atomic E-state index is 12.8. The number of hydrogen-bond acceptors (Lipinski definition) is 4. The minimum Gasteiger partial charge on any atom is -0.460 e. The van der Waals surface area contributed by atoms with Crippen molar-refractivity contribution in [2.24, 2.45) is 11.3 Å². The van der Waals surface area contributed by atoms with E-state index < -0.39 is 0 Å². The standard InChI is InChI=1S/C20H24O4/c1-6-11(2)19(22)24-16-8-7-15-17(21)18-14(12(3)10-23-18)9-20(15,5)13(16)4/h6-7,10,13,16H,8-9H2,1-5H3/b11-6+/t13-,16+,20+/m0/s1. The van der Waals surface area contributed by atoms with Gasteiger partial charge < -0.3 is 9.15 Å². The first-order chi connectivity index (χ1) is 11.3. The Morgan fingerprint density at radius 1 is 1.46 bits per heavy atom. The van der Waals surface area contributed by atoms with Crippen LogP contribution in [-0.2, 0) is 16.0 Å². The third-order valence-electron chi connectivity index (χ3n) is 5.84. The lowest BCUT2D eigenvalue weighted by Crippen LogP contribution is -2.46. The zero-order valence-corrected chi connectivity index (χ0v) is 14.9. The number of ether oxygens (including phenoxy) is 1. The quantitative estimate of drug-likeness (QED) is 0.604. The zero-order chi connectivity index (χ0) is 17.6. The molecular weight excluding hydrogens is 304 g/mol. The molecule has 24 heavy (non-hydrogen) atoms. The summed E-state index contributed by atoms with van der Waals surface area (Å²) >= 11 is 0. The topological polar surface area (TPSA) is 56.5 Å². The van der Waals surface area contributed by atoms with Crippen molar-refractivity contribution < 1.29 is 18.7 Å². The first-order valence-corrected chi connectivity index (χ1v) is 8.45. The molecule has 0 saturated carbocycles. The van der Waals surface area contributed by atoms with Gasteiger partial charge in [-0.15, -0.1) is 0 Å². The molecule has 3 atom stereocenters. The van der Waals surface area contributed by atoms with Gasteiger partial charge in [-0.1, -0.05) is 26.0 Å². The van der Waals surface area contributed by atoms with Crippen LogP contribution in [0.2, 0.25) is 0 Å². The van der Waals surface area contributed by atoms with Gasteiger partial charge in [0.1, 0.15) is 6.10 Å². The van der Waals surface area contributed by atoms with Crippen LogP contribution in [0.25, 0.3) is 0 Å². The van der Waals surface area contributed by atoms with Gasteiger partial charge in [0.25, 0.3) is 0 Å². The Labute approximate surface area is 142 Å². The molecule has 0 amide bonds. The van der Waals surface area contributed by atoms with E-state index >= 15 is 0 Å². The summed E-state index contributed by atoms with van der Waals surface area (Å²) in [6.07, 6.45) is 6.43. The number of carbonyl (C=O) groups is 2. The van der Waals surface area contributed by atoms with Crippen LogP contribution < -0.4 is 0 Å². The molecule has 0 fully saturated rings. The number of carbonyl (C=O) groups excluding carboxylic acids is 2. The summed E-state index contributed by atoms with van der Waals surface area (Å²) in [6, 6.07) is 0. The van der Waals surface area contributed by atoms with Gasteiger partial charge in [-0.3, -0.25) is 4.79 Å². The molecule has 1 aromatic rings. The molecule has 0 bridgehead atoms. The van der Waals surface area contributed by atoms with Crippen LogP contribution >= 0.6 is 0 Å². The molecule has 4 heteroatoms. The molecule has 0 N–H and O–H groups in total. The second-order valence-electron chi connectivity index (χ2n) is 7.21. The van der Waals surface area contributed by atoms with E-state index in [2.05, 4.69) is 13.8 Å². The lowest BCUT2D eigenvalue weighted by molar-refractivity contribution is -0.149. The predicted octanol–water partition coefficient (Wildman–Crippen LogP) is 4.18. The Hall–Kier alpha value is -2.10. The molecule has 128 valence electrons. The summed E-state index contributed by atoms with van der Waals surface area (Å²) in [6.45, 7) is 9.71. The van der Waals surface area contributed by atoms with Crippen molar-refractivity contribution in [2.75, 3.05) is 0 Å². The number of fused-ring (bicyclic) bond motifs is 2. The molecule has 0 spiro atoms. The van der Waals surface area contributed by atoms with E-state index in [0.717, 1.165) is 23.1 Å². The predicted molar refractivity (Wildman–Crippen MR) is 90.8 cm³/mol. The molecule has 0 aromatic carbocycles. The van der Waals surface area contributed by atoms with Crippen LogP contribution in [-0.4, -0.2) is 17.9 Å². The largest absolute Gasteiger partial charge is 0.460 e. The van der Waals surface area contributed by atoms with Crippen molar-refractivity contribution >= 4 is 11.8 Å². The fraction of sp³-hybridized carbons (Fsp3) is 0.500. The molecule has 0 saturated heterocycles. The highest BCUT2D eigenvalue weighted by molar-refractivity contribution is 6.10. The first kappa shape index (κ1) is 16.7. The molecule has 0 aliphatic heterocycles. The normalized spacial score (nSPS) is 29.6. The summed E-state index contributed by atoms with van der Waals surface area (Å²) in [5.74, 6) is 0.228. The summed E-state index contributed by atoms with van der Waals surface area (Å²) < 4.78 is 11.2. The number of hydrogen-bond donors (Lipinski definition) is 0. The van der Waals surface area contributed by atoms with E-state index in [4.69, 9.17) is 9.15 Å². The maximum atomic E-state index is 12.8. The van der Waals surface area contributed by atoms with Crippen molar-refractivity contribution in [1.29, 1.82) is 0 Å². The second kappa shape index (κ2) is 5.76. The minimum absolute atomic E-state index is 0.0203. The van der Waals surface area contributed by atoms with E-state index in [9.17, 15) is 9.59 Å². The van der Waals surface area contributed by atoms with Gasteiger partial charge in [-0.05, 0) is 32.8 Å². The number of furan rings is 1. The van der Waals surface area contributed by atoms with Gasteiger partial charge in [0, 0.05) is 34.5 Å². The fourth-order valence-electron chi connectivity index (χ4n) is 3.80. The summed E-state index contributed by atoms with van der Waals surface area (Å²) in [5.41, 5.74) is 3.06. The van der Waals surface area contributed by atoms with Gasteiger partial charge in [-0.25, -0.2) is 4.79 Å². The van der Waals surface area contributed by atoms with E-state index in [1.165, 1.54) is 0 Å². The smallest absolute Gasteiger partial charge is 0.333 e. The van der Waals surface area contributed by atoms with Gasteiger partial charge in [0.2, 0.25) is 5.78 Å². The molecular formula is C20H24O4. The average Bonchev–Trinajstić information content (AvgIpc) is 2.91. The van der Waals surface area contributed by atoms with Crippen LogP contribution in [0.15, 0.2) is 34.0 Å². The lowest BCUT2D eigenvalue weighted by atomic mass is 9.59. The highest BCUT2D eigenvalue weighted by Gasteiger charge is 2.50. The zero-order valence-electron chi connectivity index (χ0n) is 14.9. The Morgan fingerprint density at radius 3 is 2.83 bits per heavy atom. The SMILES string of the molecule is C/C=C(\C)C(=O)O[C@@H]1CC=C2C(=O)c3occ(C)c3C[C@]2(C)[C@H]1C. The Kier molecular flexibility index (Phi) is 4.02. The van der Waals surface area contributed by atoms with E-state index in [0.29, 0.717) is 17.8 Å². The van der Waals surface area contributed by atoms with Crippen molar-refractivity contribution in [1.82, 2.24) is 0 Å². The van der Waals surface area contributed by atoms with Crippen molar-refractivity contribution in [3.8, 4) is 0 Å². The average molecular weight is 328 g/mol. The minimum atomic E-state index is -0.342. The van der Waals surface area contributed by atoms with E-state index in [1.807, 2.05) is 19.9 Å². The third-order valence-corrected chi connectivity index (χ3v) is 5.84. The number of aryl methyl sites for hydroxylation is 1.